The highest BCUT2D eigenvalue weighted by atomic mass is 16.5. The number of methoxy groups -OCH3 is 1. The molecule has 23 heavy (non-hydrogen) atoms. The summed E-state index contributed by atoms with van der Waals surface area (Å²) in [6.07, 6.45) is 3.28. The van der Waals surface area contributed by atoms with Crippen LogP contribution in [0.2, 0.25) is 0 Å². The molecular formula is C17H17N3O3. The predicted molar refractivity (Wildman–Crippen MR) is 89.1 cm³/mol. The van der Waals surface area contributed by atoms with Crippen molar-refractivity contribution >= 4 is 23.7 Å². The number of nitrogens with one attached hydrogen (secondary N) is 2. The van der Waals surface area contributed by atoms with Crippen LogP contribution in [0.1, 0.15) is 15.9 Å². The number of rotatable bonds is 5. The molecule has 0 fully saturated rings. The van der Waals surface area contributed by atoms with Gasteiger partial charge in [0.2, 0.25) is 5.91 Å². The lowest BCUT2D eigenvalue weighted by molar-refractivity contribution is 0.100. The standard InChI is InChI=1S/C17H17N3O3/c1-23-15-4-2-3-12(11-15)9-10-19-17(22)20-14-7-5-13(6-8-14)16(18)21/h2-11H,1H3,(H2,18,21)(H2,19,20,22)/b10-9+. The molecule has 2 aromatic rings. The Bertz CT molecular complexity index is 724. The van der Waals surface area contributed by atoms with Crippen LogP contribution in [0.25, 0.3) is 6.08 Å². The number of ether oxygens (including phenoxy) is 1. The highest BCUT2D eigenvalue weighted by Gasteiger charge is 2.02. The lowest BCUT2D eigenvalue weighted by Gasteiger charge is -2.05. The highest BCUT2D eigenvalue weighted by molar-refractivity contribution is 5.94. The van der Waals surface area contributed by atoms with Gasteiger partial charge in [-0.1, -0.05) is 12.1 Å². The van der Waals surface area contributed by atoms with Gasteiger partial charge in [-0.15, -0.1) is 0 Å². The van der Waals surface area contributed by atoms with Crippen LogP contribution in [0.4, 0.5) is 10.5 Å². The van der Waals surface area contributed by atoms with E-state index in [9.17, 15) is 9.59 Å². The molecule has 0 bridgehead atoms. The molecule has 0 radical (unpaired) electrons. The summed E-state index contributed by atoms with van der Waals surface area (Å²) in [6, 6.07) is 13.3. The van der Waals surface area contributed by atoms with Crippen molar-refractivity contribution in [1.29, 1.82) is 0 Å². The summed E-state index contributed by atoms with van der Waals surface area (Å²) in [5.41, 5.74) is 6.99. The molecule has 0 aliphatic rings. The van der Waals surface area contributed by atoms with Crippen LogP contribution < -0.4 is 21.1 Å². The van der Waals surface area contributed by atoms with Crippen LogP contribution in [-0.2, 0) is 0 Å². The first-order valence-electron chi connectivity index (χ1n) is 6.86. The second-order valence-electron chi connectivity index (χ2n) is 4.65. The van der Waals surface area contributed by atoms with Crippen LogP contribution in [0.3, 0.4) is 0 Å². The van der Waals surface area contributed by atoms with Gasteiger partial charge in [0.05, 0.1) is 7.11 Å². The fourth-order valence-electron chi connectivity index (χ4n) is 1.84. The minimum atomic E-state index is -0.512. The summed E-state index contributed by atoms with van der Waals surface area (Å²) < 4.78 is 5.12. The molecule has 0 aliphatic heterocycles. The second-order valence-corrected chi connectivity index (χ2v) is 4.65. The van der Waals surface area contributed by atoms with Crippen molar-refractivity contribution in [3.05, 3.63) is 65.9 Å². The lowest BCUT2D eigenvalue weighted by atomic mass is 10.2. The van der Waals surface area contributed by atoms with Crippen molar-refractivity contribution in [2.75, 3.05) is 12.4 Å². The van der Waals surface area contributed by atoms with Gasteiger partial charge in [-0.05, 0) is 48.0 Å². The van der Waals surface area contributed by atoms with E-state index in [1.807, 2.05) is 24.3 Å². The monoisotopic (exact) mass is 311 g/mol. The van der Waals surface area contributed by atoms with Crippen LogP contribution in [0.15, 0.2) is 54.7 Å². The Morgan fingerprint density at radius 3 is 2.52 bits per heavy atom. The number of benzene rings is 2. The van der Waals surface area contributed by atoms with Crippen LogP contribution >= 0.6 is 0 Å². The molecule has 0 saturated heterocycles. The van der Waals surface area contributed by atoms with Crippen molar-refractivity contribution in [2.24, 2.45) is 5.73 Å². The summed E-state index contributed by atoms with van der Waals surface area (Å²) in [5, 5.41) is 5.23. The van der Waals surface area contributed by atoms with E-state index in [0.29, 0.717) is 11.3 Å². The molecule has 0 unspecified atom stereocenters. The van der Waals surface area contributed by atoms with Gasteiger partial charge in [0.25, 0.3) is 0 Å². The molecule has 6 heteroatoms. The average Bonchev–Trinajstić information content (AvgIpc) is 2.55. The van der Waals surface area contributed by atoms with Gasteiger partial charge in [0.1, 0.15) is 5.75 Å². The Hall–Kier alpha value is -3.28. The molecule has 3 amide bonds. The van der Waals surface area contributed by atoms with Crippen LogP contribution in [-0.4, -0.2) is 19.0 Å². The number of nitrogens with two attached hydrogens (primary N) is 1. The first kappa shape index (κ1) is 16.1. The highest BCUT2D eigenvalue weighted by Crippen LogP contribution is 2.13. The molecule has 0 aromatic heterocycles. The zero-order chi connectivity index (χ0) is 16.7. The SMILES string of the molecule is COc1cccc(/C=C/NC(=O)Nc2ccc(C(N)=O)cc2)c1. The van der Waals surface area contributed by atoms with Gasteiger partial charge in [-0.3, -0.25) is 4.79 Å². The number of amides is 3. The van der Waals surface area contributed by atoms with E-state index in [0.717, 1.165) is 11.3 Å². The van der Waals surface area contributed by atoms with E-state index in [4.69, 9.17) is 10.5 Å². The third kappa shape index (κ3) is 4.89. The molecule has 0 atom stereocenters. The maximum absolute atomic E-state index is 11.8. The number of urea groups is 1. The van der Waals surface area contributed by atoms with Crippen molar-refractivity contribution in [3.63, 3.8) is 0 Å². The summed E-state index contributed by atoms with van der Waals surface area (Å²) in [6.45, 7) is 0. The predicted octanol–water partition coefficient (Wildman–Crippen LogP) is 2.59. The summed E-state index contributed by atoms with van der Waals surface area (Å²) >= 11 is 0. The number of carbonyl (C=O) groups is 2. The van der Waals surface area contributed by atoms with Gasteiger partial charge < -0.3 is 21.1 Å². The van der Waals surface area contributed by atoms with Crippen molar-refractivity contribution in [3.8, 4) is 5.75 Å². The fraction of sp³-hybridized carbons (Fsp3) is 0.0588. The van der Waals surface area contributed by atoms with Gasteiger partial charge in [-0.2, -0.15) is 0 Å². The van der Waals surface area contributed by atoms with Gasteiger partial charge in [0.15, 0.2) is 0 Å². The van der Waals surface area contributed by atoms with Crippen LogP contribution in [0, 0.1) is 0 Å². The molecule has 0 saturated carbocycles. The van der Waals surface area contributed by atoms with E-state index >= 15 is 0 Å². The van der Waals surface area contributed by atoms with E-state index < -0.39 is 11.9 Å². The smallest absolute Gasteiger partial charge is 0.323 e. The fourth-order valence-corrected chi connectivity index (χ4v) is 1.84. The molecule has 4 N–H and O–H groups in total. The Morgan fingerprint density at radius 2 is 1.87 bits per heavy atom. The zero-order valence-corrected chi connectivity index (χ0v) is 12.6. The maximum atomic E-state index is 11.8. The van der Waals surface area contributed by atoms with Crippen molar-refractivity contribution in [2.45, 2.75) is 0 Å². The number of hydrogen-bond acceptors (Lipinski definition) is 3. The summed E-state index contributed by atoms with van der Waals surface area (Å²) in [7, 11) is 1.60. The minimum Gasteiger partial charge on any atom is -0.497 e. The Morgan fingerprint density at radius 1 is 1.13 bits per heavy atom. The number of carbonyl (C=O) groups excluding carboxylic acids is 2. The summed E-state index contributed by atoms with van der Waals surface area (Å²) in [5.74, 6) is 0.230. The van der Waals surface area contributed by atoms with Gasteiger partial charge in [-0.25, -0.2) is 4.79 Å². The lowest BCUT2D eigenvalue weighted by Crippen LogP contribution is -2.23. The largest absolute Gasteiger partial charge is 0.497 e. The quantitative estimate of drug-likeness (QED) is 0.792. The van der Waals surface area contributed by atoms with Crippen molar-refractivity contribution < 1.29 is 14.3 Å². The molecule has 0 heterocycles. The number of hydrogen-bond donors (Lipinski definition) is 3. The minimum absolute atomic E-state index is 0.383. The van der Waals surface area contributed by atoms with E-state index in [-0.39, 0.29) is 0 Å². The molecule has 0 aliphatic carbocycles. The first-order chi connectivity index (χ1) is 11.1. The van der Waals surface area contributed by atoms with Gasteiger partial charge in [0, 0.05) is 17.5 Å². The molecule has 0 spiro atoms. The van der Waals surface area contributed by atoms with E-state index in [1.165, 1.54) is 6.20 Å². The Kier molecular flexibility index (Phi) is 5.35. The normalized spacial score (nSPS) is 10.3. The molecule has 6 nitrogen and oxygen atoms in total. The third-order valence-electron chi connectivity index (χ3n) is 3.01. The molecule has 118 valence electrons. The van der Waals surface area contributed by atoms with Crippen molar-refractivity contribution in [1.82, 2.24) is 5.32 Å². The number of primary amides is 1. The van der Waals surface area contributed by atoms with E-state index in [2.05, 4.69) is 10.6 Å². The maximum Gasteiger partial charge on any atom is 0.323 e. The third-order valence-corrected chi connectivity index (χ3v) is 3.01. The Labute approximate surface area is 133 Å². The zero-order valence-electron chi connectivity index (χ0n) is 12.6. The summed E-state index contributed by atoms with van der Waals surface area (Å²) in [4.78, 5) is 22.7. The molecule has 2 rings (SSSR count). The average molecular weight is 311 g/mol. The number of anilines is 1. The van der Waals surface area contributed by atoms with E-state index in [1.54, 1.807) is 37.5 Å². The second kappa shape index (κ2) is 7.65. The van der Waals surface area contributed by atoms with Crippen LogP contribution in [0.5, 0.6) is 5.75 Å². The molecular weight excluding hydrogens is 294 g/mol. The topological polar surface area (TPSA) is 93.4 Å². The first-order valence-corrected chi connectivity index (χ1v) is 6.86. The molecule has 2 aromatic carbocycles. The Balaban J connectivity index is 1.89. The van der Waals surface area contributed by atoms with Gasteiger partial charge >= 0.3 is 6.03 Å².